The maximum Gasteiger partial charge on any atom is 0.276 e. The molecule has 26 heavy (non-hydrogen) atoms. The van der Waals surface area contributed by atoms with Gasteiger partial charge in [-0.2, -0.15) is 5.10 Å². The van der Waals surface area contributed by atoms with Crippen LogP contribution in [0.5, 0.6) is 5.75 Å². The number of aromatic amines is 1. The summed E-state index contributed by atoms with van der Waals surface area (Å²) in [7, 11) is 0. The molecule has 0 spiro atoms. The van der Waals surface area contributed by atoms with Crippen LogP contribution in [0.4, 0.5) is 5.69 Å². The number of nitrogens with zero attached hydrogens (tertiary/aromatic N) is 1. The molecule has 0 fully saturated rings. The highest BCUT2D eigenvalue weighted by atomic mass is 16.5. The van der Waals surface area contributed by atoms with Gasteiger partial charge in [0.05, 0.1) is 0 Å². The van der Waals surface area contributed by atoms with Gasteiger partial charge in [-0.15, -0.1) is 0 Å². The van der Waals surface area contributed by atoms with Gasteiger partial charge in [0.15, 0.2) is 0 Å². The summed E-state index contributed by atoms with van der Waals surface area (Å²) < 4.78 is 5.97. The molecule has 3 aromatic rings. The van der Waals surface area contributed by atoms with Crippen LogP contribution >= 0.6 is 0 Å². The predicted molar refractivity (Wildman–Crippen MR) is 99.5 cm³/mol. The lowest BCUT2D eigenvalue weighted by atomic mass is 10.1. The summed E-state index contributed by atoms with van der Waals surface area (Å²) in [5.41, 5.74) is 2.39. The highest BCUT2D eigenvalue weighted by Gasteiger charge is 2.11. The molecular weight excluding hydrogens is 330 g/mol. The molecule has 1 heterocycles. The number of nitrogens with one attached hydrogen (secondary N) is 2. The summed E-state index contributed by atoms with van der Waals surface area (Å²) in [5.74, 6) is 0.328. The minimum Gasteiger partial charge on any atom is -0.486 e. The van der Waals surface area contributed by atoms with Gasteiger partial charge in [-0.05, 0) is 49.2 Å². The number of amides is 1. The number of benzene rings is 2. The van der Waals surface area contributed by atoms with Gasteiger partial charge in [0.25, 0.3) is 11.5 Å². The van der Waals surface area contributed by atoms with E-state index in [1.807, 2.05) is 56.3 Å². The first-order chi connectivity index (χ1) is 12.5. The van der Waals surface area contributed by atoms with E-state index in [-0.39, 0.29) is 17.4 Å². The molecule has 0 saturated heterocycles. The monoisotopic (exact) mass is 349 g/mol. The fraction of sp³-hybridized carbons (Fsp3) is 0.150. The van der Waals surface area contributed by atoms with Crippen molar-refractivity contribution in [1.29, 1.82) is 0 Å². The minimum atomic E-state index is -0.393. The van der Waals surface area contributed by atoms with Crippen molar-refractivity contribution in [3.8, 4) is 5.75 Å². The number of aromatic nitrogens is 2. The van der Waals surface area contributed by atoms with E-state index in [4.69, 9.17) is 4.74 Å². The Morgan fingerprint density at radius 2 is 1.88 bits per heavy atom. The van der Waals surface area contributed by atoms with Crippen LogP contribution in [-0.2, 0) is 0 Å². The van der Waals surface area contributed by atoms with Gasteiger partial charge >= 0.3 is 0 Å². The summed E-state index contributed by atoms with van der Waals surface area (Å²) in [6.45, 7) is 3.87. The first-order valence-corrected chi connectivity index (χ1v) is 8.22. The lowest BCUT2D eigenvalue weighted by molar-refractivity contribution is 0.102. The van der Waals surface area contributed by atoms with Crippen LogP contribution in [0, 0.1) is 6.92 Å². The average Bonchev–Trinajstić information content (AvgIpc) is 2.65. The van der Waals surface area contributed by atoms with E-state index in [0.717, 1.165) is 16.9 Å². The Hall–Kier alpha value is -3.41. The minimum absolute atomic E-state index is 0.0821. The van der Waals surface area contributed by atoms with Gasteiger partial charge in [0, 0.05) is 11.8 Å². The fourth-order valence-corrected chi connectivity index (χ4v) is 2.50. The van der Waals surface area contributed by atoms with Gasteiger partial charge in [0.2, 0.25) is 0 Å². The molecule has 0 radical (unpaired) electrons. The maximum absolute atomic E-state index is 12.2. The van der Waals surface area contributed by atoms with E-state index >= 15 is 0 Å². The molecule has 1 amide bonds. The first-order valence-electron chi connectivity index (χ1n) is 8.22. The van der Waals surface area contributed by atoms with Gasteiger partial charge in [0.1, 0.15) is 17.5 Å². The second kappa shape index (κ2) is 7.65. The van der Waals surface area contributed by atoms with E-state index < -0.39 is 5.91 Å². The first kappa shape index (κ1) is 17.4. The number of rotatable bonds is 5. The van der Waals surface area contributed by atoms with Crippen molar-refractivity contribution in [1.82, 2.24) is 10.2 Å². The second-order valence-corrected chi connectivity index (χ2v) is 5.91. The summed E-state index contributed by atoms with van der Waals surface area (Å²) in [5, 5.41) is 8.74. The number of hydrogen-bond donors (Lipinski definition) is 2. The smallest absolute Gasteiger partial charge is 0.276 e. The number of carbonyl (C=O) groups excluding carboxylic acids is 1. The fourth-order valence-electron chi connectivity index (χ4n) is 2.50. The Morgan fingerprint density at radius 3 is 2.54 bits per heavy atom. The Bertz CT molecular complexity index is 947. The van der Waals surface area contributed by atoms with Crippen LogP contribution in [-0.4, -0.2) is 16.1 Å². The van der Waals surface area contributed by atoms with Crippen LogP contribution in [0.2, 0.25) is 0 Å². The highest BCUT2D eigenvalue weighted by molar-refractivity contribution is 6.03. The van der Waals surface area contributed by atoms with Crippen molar-refractivity contribution in [3.63, 3.8) is 0 Å². The molecule has 2 N–H and O–H groups in total. The summed E-state index contributed by atoms with van der Waals surface area (Å²) in [6, 6.07) is 18.1. The zero-order valence-electron chi connectivity index (χ0n) is 14.5. The molecule has 0 bridgehead atoms. The van der Waals surface area contributed by atoms with Crippen molar-refractivity contribution in [2.24, 2.45) is 0 Å². The Morgan fingerprint density at radius 1 is 1.12 bits per heavy atom. The van der Waals surface area contributed by atoms with Gasteiger partial charge < -0.3 is 10.1 Å². The van der Waals surface area contributed by atoms with Crippen molar-refractivity contribution < 1.29 is 9.53 Å². The van der Waals surface area contributed by atoms with E-state index in [1.165, 1.54) is 12.1 Å². The number of anilines is 1. The van der Waals surface area contributed by atoms with Crippen LogP contribution in [0.1, 0.15) is 34.6 Å². The van der Waals surface area contributed by atoms with Crippen LogP contribution in [0.3, 0.4) is 0 Å². The molecule has 1 unspecified atom stereocenters. The normalized spacial score (nSPS) is 11.6. The van der Waals surface area contributed by atoms with E-state index in [0.29, 0.717) is 5.69 Å². The number of H-pyrrole nitrogens is 1. The van der Waals surface area contributed by atoms with Gasteiger partial charge in [-0.25, -0.2) is 5.10 Å². The quantitative estimate of drug-likeness (QED) is 0.739. The SMILES string of the molecule is Cc1cc(OC(C)c2ccccc2)ccc1NC(=O)c1ccc(=O)[nH]n1. The average molecular weight is 349 g/mol. The summed E-state index contributed by atoms with van der Waals surface area (Å²) in [4.78, 5) is 23.2. The van der Waals surface area contributed by atoms with E-state index in [2.05, 4.69) is 15.5 Å². The van der Waals surface area contributed by atoms with E-state index in [9.17, 15) is 9.59 Å². The molecule has 6 heteroatoms. The lowest BCUT2D eigenvalue weighted by Gasteiger charge is -2.16. The topological polar surface area (TPSA) is 84.1 Å². The van der Waals surface area contributed by atoms with E-state index in [1.54, 1.807) is 6.07 Å². The largest absolute Gasteiger partial charge is 0.486 e. The molecular formula is C20H19N3O3. The van der Waals surface area contributed by atoms with Crippen LogP contribution < -0.4 is 15.6 Å². The zero-order valence-corrected chi connectivity index (χ0v) is 14.5. The molecule has 1 aromatic heterocycles. The van der Waals surface area contributed by atoms with Crippen LogP contribution in [0.15, 0.2) is 65.5 Å². The summed E-state index contributed by atoms with van der Waals surface area (Å²) in [6.07, 6.45) is -0.0821. The highest BCUT2D eigenvalue weighted by Crippen LogP contribution is 2.26. The Kier molecular flexibility index (Phi) is 5.12. The maximum atomic E-state index is 12.2. The third kappa shape index (κ3) is 4.16. The number of hydrogen-bond acceptors (Lipinski definition) is 4. The number of ether oxygens (including phenoxy) is 1. The lowest BCUT2D eigenvalue weighted by Crippen LogP contribution is -2.18. The van der Waals surface area contributed by atoms with Crippen molar-refractivity contribution in [2.45, 2.75) is 20.0 Å². The van der Waals surface area contributed by atoms with Crippen molar-refractivity contribution in [2.75, 3.05) is 5.32 Å². The Labute approximate surface area is 150 Å². The van der Waals surface area contributed by atoms with Crippen molar-refractivity contribution >= 4 is 11.6 Å². The molecule has 3 rings (SSSR count). The summed E-state index contributed by atoms with van der Waals surface area (Å²) >= 11 is 0. The molecule has 2 aromatic carbocycles. The second-order valence-electron chi connectivity index (χ2n) is 5.91. The molecule has 0 aliphatic rings. The molecule has 0 saturated carbocycles. The Balaban J connectivity index is 1.70. The number of aryl methyl sites for hydroxylation is 1. The molecule has 132 valence electrons. The number of carbonyl (C=O) groups is 1. The molecule has 0 aliphatic heterocycles. The van der Waals surface area contributed by atoms with Gasteiger partial charge in [-0.1, -0.05) is 30.3 Å². The zero-order chi connectivity index (χ0) is 18.5. The third-order valence-corrected chi connectivity index (χ3v) is 3.94. The molecule has 6 nitrogen and oxygen atoms in total. The predicted octanol–water partition coefficient (Wildman–Crippen LogP) is 3.47. The standard InChI is InChI=1S/C20H19N3O3/c1-13-12-16(26-14(2)15-6-4-3-5-7-15)8-9-17(13)21-20(25)18-10-11-19(24)23-22-18/h3-12,14H,1-2H3,(H,21,25)(H,23,24). The molecule has 0 aliphatic carbocycles. The van der Waals surface area contributed by atoms with Crippen LogP contribution in [0.25, 0.3) is 0 Å². The van der Waals surface area contributed by atoms with Crippen molar-refractivity contribution in [3.05, 3.63) is 87.8 Å². The van der Waals surface area contributed by atoms with Gasteiger partial charge in [-0.3, -0.25) is 9.59 Å². The molecule has 1 atom stereocenters. The third-order valence-electron chi connectivity index (χ3n) is 3.94.